The van der Waals surface area contributed by atoms with Crippen LogP contribution in [0.15, 0.2) is 60.7 Å². The third-order valence-electron chi connectivity index (χ3n) is 1.94. The zero-order valence-electron chi connectivity index (χ0n) is 8.95. The topological polar surface area (TPSA) is 59.3 Å². The van der Waals surface area contributed by atoms with E-state index in [1.807, 2.05) is 0 Å². The Hall–Kier alpha value is -1.77. The van der Waals surface area contributed by atoms with Crippen molar-refractivity contribution < 1.29 is 13.6 Å². The molecule has 0 fully saturated rings. The molecule has 1 N–H and O–H groups in total. The van der Waals surface area contributed by atoms with Gasteiger partial charge in [-0.3, -0.25) is 0 Å². The summed E-state index contributed by atoms with van der Waals surface area (Å²) in [4.78, 5) is 0. The molecule has 2 aromatic carbocycles. The van der Waals surface area contributed by atoms with Gasteiger partial charge in [0.15, 0.2) is 0 Å². The Morgan fingerprint density at radius 2 is 1.12 bits per heavy atom. The van der Waals surface area contributed by atoms with Gasteiger partial charge in [0.05, 0.1) is 0 Å². The van der Waals surface area contributed by atoms with E-state index in [0.717, 1.165) is 0 Å². The zero-order chi connectivity index (χ0) is 12.1. The molecule has 0 aliphatic heterocycles. The van der Waals surface area contributed by atoms with Crippen molar-refractivity contribution in [2.45, 2.75) is 0 Å². The second-order valence-corrected chi connectivity index (χ2v) is 4.67. The normalized spacial score (nSPS) is 10.9. The predicted molar refractivity (Wildman–Crippen MR) is 64.8 cm³/mol. The Morgan fingerprint density at radius 3 is 1.47 bits per heavy atom. The second kappa shape index (κ2) is 5.04. The van der Waals surface area contributed by atoms with Crippen LogP contribution in [0.5, 0.6) is 11.5 Å². The molecular formula is C12H11NO3P. The summed E-state index contributed by atoms with van der Waals surface area (Å²) in [6.07, 6.45) is 0. The summed E-state index contributed by atoms with van der Waals surface area (Å²) in [6, 6.07) is 17.0. The fourth-order valence-corrected chi connectivity index (χ4v) is 2.09. The highest BCUT2D eigenvalue weighted by molar-refractivity contribution is 7.51. The summed E-state index contributed by atoms with van der Waals surface area (Å²) in [5.74, 6) is 0.698. The molecule has 0 bridgehead atoms. The van der Waals surface area contributed by atoms with Crippen LogP contribution in [-0.2, 0) is 4.57 Å². The molecule has 0 aliphatic carbocycles. The van der Waals surface area contributed by atoms with E-state index in [0.29, 0.717) is 11.5 Å². The molecule has 0 unspecified atom stereocenters. The Labute approximate surface area is 99.6 Å². The first kappa shape index (κ1) is 11.7. The molecule has 2 aromatic rings. The lowest BCUT2D eigenvalue weighted by molar-refractivity contribution is 0.385. The van der Waals surface area contributed by atoms with E-state index in [4.69, 9.17) is 14.6 Å². The van der Waals surface area contributed by atoms with E-state index in [9.17, 15) is 4.57 Å². The Morgan fingerprint density at radius 1 is 0.765 bits per heavy atom. The van der Waals surface area contributed by atoms with Gasteiger partial charge in [0, 0.05) is 0 Å². The van der Waals surface area contributed by atoms with Crippen LogP contribution < -0.4 is 14.6 Å². The van der Waals surface area contributed by atoms with Gasteiger partial charge in [-0.1, -0.05) is 36.4 Å². The van der Waals surface area contributed by atoms with Crippen molar-refractivity contribution in [2.75, 3.05) is 0 Å². The molecule has 4 nitrogen and oxygen atoms in total. The third kappa shape index (κ3) is 3.63. The number of rotatable bonds is 4. The summed E-state index contributed by atoms with van der Waals surface area (Å²) in [5.41, 5.74) is 7.51. The van der Waals surface area contributed by atoms with Gasteiger partial charge in [0.25, 0.3) is 0 Å². The second-order valence-electron chi connectivity index (χ2n) is 3.31. The number of hydrogen-bond donors (Lipinski definition) is 0. The van der Waals surface area contributed by atoms with Crippen LogP contribution in [0, 0.1) is 0 Å². The number of hydrogen-bond acceptors (Lipinski definition) is 3. The van der Waals surface area contributed by atoms with Gasteiger partial charge >= 0.3 is 7.75 Å². The molecule has 0 atom stereocenters. The molecule has 1 radical (unpaired) electrons. The van der Waals surface area contributed by atoms with Crippen LogP contribution in [0.25, 0.3) is 0 Å². The smallest absolute Gasteiger partial charge is 0.404 e. The average Bonchev–Trinajstić information content (AvgIpc) is 2.30. The minimum absolute atomic E-state index is 0.349. The van der Waals surface area contributed by atoms with Crippen LogP contribution in [0.4, 0.5) is 0 Å². The molecular weight excluding hydrogens is 237 g/mol. The first-order valence-corrected chi connectivity index (χ1v) is 6.54. The SMILES string of the molecule is [NH]P(=O)(Oc1ccccc1)Oc1ccccc1. The van der Waals surface area contributed by atoms with Crippen LogP contribution in [0.3, 0.4) is 0 Å². The first-order chi connectivity index (χ1) is 8.16. The van der Waals surface area contributed by atoms with Gasteiger partial charge in [0.2, 0.25) is 0 Å². The van der Waals surface area contributed by atoms with E-state index < -0.39 is 7.75 Å². The zero-order valence-corrected chi connectivity index (χ0v) is 9.84. The highest BCUT2D eigenvalue weighted by atomic mass is 31.2. The van der Waals surface area contributed by atoms with Crippen LogP contribution in [0.2, 0.25) is 0 Å². The van der Waals surface area contributed by atoms with Crippen molar-refractivity contribution in [1.29, 1.82) is 0 Å². The Kier molecular flexibility index (Phi) is 3.47. The molecule has 87 valence electrons. The predicted octanol–water partition coefficient (Wildman–Crippen LogP) is 3.54. The number of nitrogens with one attached hydrogen (secondary N) is 1. The largest absolute Gasteiger partial charge is 0.526 e. The molecule has 2 rings (SSSR count). The summed E-state index contributed by atoms with van der Waals surface area (Å²) >= 11 is 0. The monoisotopic (exact) mass is 248 g/mol. The molecule has 5 heteroatoms. The minimum Gasteiger partial charge on any atom is -0.404 e. The lowest BCUT2D eigenvalue weighted by Gasteiger charge is -2.14. The molecule has 0 spiro atoms. The molecule has 0 aliphatic rings. The first-order valence-electron chi connectivity index (χ1n) is 5.00. The molecule has 0 amide bonds. The Bertz CT molecular complexity index is 470. The van der Waals surface area contributed by atoms with Crippen molar-refractivity contribution >= 4 is 7.75 Å². The molecule has 0 heterocycles. The van der Waals surface area contributed by atoms with Gasteiger partial charge in [-0.2, -0.15) is 0 Å². The number of para-hydroxylation sites is 2. The average molecular weight is 248 g/mol. The van der Waals surface area contributed by atoms with Gasteiger partial charge in [0.1, 0.15) is 11.5 Å². The lowest BCUT2D eigenvalue weighted by atomic mass is 10.3. The molecule has 0 aromatic heterocycles. The van der Waals surface area contributed by atoms with E-state index >= 15 is 0 Å². The van der Waals surface area contributed by atoms with E-state index in [1.54, 1.807) is 60.7 Å². The molecule has 0 saturated heterocycles. The van der Waals surface area contributed by atoms with Crippen molar-refractivity contribution in [3.63, 3.8) is 0 Å². The van der Waals surface area contributed by atoms with Crippen molar-refractivity contribution in [3.8, 4) is 11.5 Å². The fourth-order valence-electron chi connectivity index (χ4n) is 1.26. The highest BCUT2D eigenvalue weighted by Crippen LogP contribution is 2.42. The maximum absolute atomic E-state index is 11.8. The summed E-state index contributed by atoms with van der Waals surface area (Å²) < 4.78 is 21.8. The number of benzene rings is 2. The summed E-state index contributed by atoms with van der Waals surface area (Å²) in [7, 11) is -3.89. The Balaban J connectivity index is 2.07. The standard InChI is InChI=1S/C12H11NO3P/c13-17(14,15-11-7-3-1-4-8-11)16-12-9-5-2-6-10-12/h1-10,13H. The van der Waals surface area contributed by atoms with Gasteiger partial charge in [-0.15, -0.1) is 5.50 Å². The minimum atomic E-state index is -3.89. The maximum Gasteiger partial charge on any atom is 0.526 e. The van der Waals surface area contributed by atoms with Crippen LogP contribution in [0.1, 0.15) is 0 Å². The fraction of sp³-hybridized carbons (Fsp3) is 0. The quantitative estimate of drug-likeness (QED) is 0.777. The van der Waals surface area contributed by atoms with E-state index in [2.05, 4.69) is 0 Å². The van der Waals surface area contributed by atoms with E-state index in [-0.39, 0.29) is 0 Å². The molecule has 0 saturated carbocycles. The van der Waals surface area contributed by atoms with E-state index in [1.165, 1.54) is 0 Å². The third-order valence-corrected chi connectivity index (χ3v) is 2.84. The lowest BCUT2D eigenvalue weighted by Crippen LogP contribution is -2.01. The van der Waals surface area contributed by atoms with Gasteiger partial charge < -0.3 is 9.05 Å². The summed E-state index contributed by atoms with van der Waals surface area (Å²) in [6.45, 7) is 0. The van der Waals surface area contributed by atoms with Crippen LogP contribution >= 0.6 is 7.75 Å². The van der Waals surface area contributed by atoms with Gasteiger partial charge in [-0.05, 0) is 24.3 Å². The van der Waals surface area contributed by atoms with Gasteiger partial charge in [-0.25, -0.2) is 4.57 Å². The van der Waals surface area contributed by atoms with Crippen molar-refractivity contribution in [2.24, 2.45) is 0 Å². The maximum atomic E-state index is 11.8. The van der Waals surface area contributed by atoms with Crippen molar-refractivity contribution in [1.82, 2.24) is 5.50 Å². The van der Waals surface area contributed by atoms with Crippen molar-refractivity contribution in [3.05, 3.63) is 60.7 Å². The highest BCUT2D eigenvalue weighted by Gasteiger charge is 2.22. The van der Waals surface area contributed by atoms with Crippen LogP contribution in [-0.4, -0.2) is 0 Å². The molecule has 17 heavy (non-hydrogen) atoms. The summed E-state index contributed by atoms with van der Waals surface area (Å²) in [5, 5.41) is 0.